The van der Waals surface area contributed by atoms with Crippen molar-refractivity contribution >= 4 is 0 Å². The maximum Gasteiger partial charge on any atom is 1.00 e. The summed E-state index contributed by atoms with van der Waals surface area (Å²) in [5.41, 5.74) is 1.08. The number of rotatable bonds is 1. The van der Waals surface area contributed by atoms with Gasteiger partial charge in [0.2, 0.25) is 0 Å². The van der Waals surface area contributed by atoms with E-state index in [0.717, 1.165) is 12.0 Å². The number of nitrogens with zero attached hydrogens (tertiary/aromatic N) is 2. The van der Waals surface area contributed by atoms with Gasteiger partial charge in [-0.05, 0) is 18.9 Å². The molecular weight excluding hydrogens is 100 g/mol. The Morgan fingerprint density at radius 3 is 2.50 bits per heavy atom. The molecule has 1 rings (SSSR count). The molecule has 0 N–H and O–H groups in total. The van der Waals surface area contributed by atoms with E-state index in [1.807, 2.05) is 0 Å². The molecule has 8 heavy (non-hydrogen) atoms. The van der Waals surface area contributed by atoms with Gasteiger partial charge in [0.25, 0.3) is 0 Å². The minimum Gasteiger partial charge on any atom is -0.245 e. The Morgan fingerprint density at radius 1 is 1.50 bits per heavy atom. The van der Waals surface area contributed by atoms with Gasteiger partial charge < -0.3 is 0 Å². The summed E-state index contributed by atoms with van der Waals surface area (Å²) in [6.45, 7) is 3.68. The lowest BCUT2D eigenvalue weighted by Crippen LogP contribution is -1.82. The maximum atomic E-state index is 3.80. The maximum absolute atomic E-state index is 3.80. The molecule has 1 radical (unpaired) electrons. The highest BCUT2D eigenvalue weighted by Gasteiger charge is 1.82. The Balaban J connectivity index is 0.000000640. The van der Waals surface area contributed by atoms with Crippen LogP contribution in [0.25, 0.3) is 0 Å². The van der Waals surface area contributed by atoms with Crippen molar-refractivity contribution in [3.05, 3.63) is 31.2 Å². The molecule has 0 spiro atoms. The quantitative estimate of drug-likeness (QED) is 0.535. The van der Waals surface area contributed by atoms with Gasteiger partial charge in [0, 0.05) is 12.4 Å². The summed E-state index contributed by atoms with van der Waals surface area (Å²) >= 11 is 0. The van der Waals surface area contributed by atoms with E-state index in [0.29, 0.717) is 0 Å². The van der Waals surface area contributed by atoms with Crippen molar-refractivity contribution in [2.24, 2.45) is 0 Å². The molecule has 0 aliphatic heterocycles. The van der Waals surface area contributed by atoms with Crippen molar-refractivity contribution in [2.75, 3.05) is 0 Å². The fraction of sp³-hybridized carbons (Fsp3) is 0.167. The van der Waals surface area contributed by atoms with E-state index >= 15 is 0 Å². The first-order chi connectivity index (χ1) is 3.93. The lowest BCUT2D eigenvalue weighted by molar-refractivity contribution is 1.09. The number of aromatic nitrogens is 2. The van der Waals surface area contributed by atoms with Crippen molar-refractivity contribution in [3.63, 3.8) is 0 Å². The van der Waals surface area contributed by atoms with Crippen LogP contribution in [0.15, 0.2) is 18.7 Å². The second kappa shape index (κ2) is 2.40. The van der Waals surface area contributed by atoms with Crippen LogP contribution in [0.5, 0.6) is 0 Å². The predicted molar refractivity (Wildman–Crippen MR) is 32.2 cm³/mol. The molecule has 0 atom stereocenters. The van der Waals surface area contributed by atoms with Crippen LogP contribution < -0.4 is 0 Å². The molecule has 0 aliphatic carbocycles. The standard InChI is InChI=1S/C6H7N2/c1-2-6-3-7-5-8-4-6/h3-5H,1-2H2/p+1. The fourth-order valence-corrected chi connectivity index (χ4v) is 0.459. The van der Waals surface area contributed by atoms with Crippen LogP contribution in [0.1, 0.15) is 6.99 Å². The van der Waals surface area contributed by atoms with Crippen LogP contribution >= 0.6 is 0 Å². The number of hydrogen-bond donors (Lipinski definition) is 0. The Kier molecular flexibility index (Phi) is 1.57. The highest BCUT2D eigenvalue weighted by molar-refractivity contribution is 5.02. The molecule has 1 aromatic heterocycles. The Labute approximate surface area is 50.1 Å². The Bertz CT molecular complexity index is 152. The minimum absolute atomic E-state index is 0. The summed E-state index contributed by atoms with van der Waals surface area (Å²) in [6.07, 6.45) is 5.81. The molecule has 0 unspecified atom stereocenters. The van der Waals surface area contributed by atoms with Crippen LogP contribution in [0, 0.1) is 6.92 Å². The molecule has 1 heterocycles. The SMILES string of the molecule is [CH2]Cc1cncnc1.[H+]. The molecule has 1 aromatic rings. The Morgan fingerprint density at radius 2 is 2.12 bits per heavy atom. The monoisotopic (exact) mass is 108 g/mol. The molecule has 0 saturated heterocycles. The molecule has 0 bridgehead atoms. The van der Waals surface area contributed by atoms with E-state index < -0.39 is 0 Å². The summed E-state index contributed by atoms with van der Waals surface area (Å²) < 4.78 is 0. The lowest BCUT2D eigenvalue weighted by Gasteiger charge is -1.87. The van der Waals surface area contributed by atoms with E-state index in [9.17, 15) is 0 Å². The van der Waals surface area contributed by atoms with E-state index in [2.05, 4.69) is 16.9 Å². The zero-order valence-electron chi connectivity index (χ0n) is 5.54. The van der Waals surface area contributed by atoms with Gasteiger partial charge in [-0.25, -0.2) is 9.97 Å². The molecule has 0 amide bonds. The average Bonchev–Trinajstić information content (AvgIpc) is 1.90. The molecule has 0 saturated carbocycles. The first kappa shape index (κ1) is 5.22. The third kappa shape index (κ3) is 1.03. The lowest BCUT2D eigenvalue weighted by atomic mass is 10.3. The predicted octanol–water partition coefficient (Wildman–Crippen LogP) is 0.966. The van der Waals surface area contributed by atoms with Crippen LogP contribution in [0.4, 0.5) is 0 Å². The summed E-state index contributed by atoms with van der Waals surface area (Å²) in [6, 6.07) is 0. The summed E-state index contributed by atoms with van der Waals surface area (Å²) in [7, 11) is 0. The summed E-state index contributed by atoms with van der Waals surface area (Å²) in [4.78, 5) is 7.61. The van der Waals surface area contributed by atoms with Crippen LogP contribution in [-0.4, -0.2) is 9.97 Å². The molecule has 2 nitrogen and oxygen atoms in total. The van der Waals surface area contributed by atoms with E-state index in [1.165, 1.54) is 6.33 Å². The first-order valence-corrected chi connectivity index (χ1v) is 2.46. The number of hydrogen-bond acceptors (Lipinski definition) is 2. The van der Waals surface area contributed by atoms with Crippen molar-refractivity contribution < 1.29 is 1.43 Å². The third-order valence-electron chi connectivity index (χ3n) is 0.903. The average molecular weight is 108 g/mol. The topological polar surface area (TPSA) is 25.8 Å². The van der Waals surface area contributed by atoms with Crippen molar-refractivity contribution in [1.29, 1.82) is 0 Å². The Hall–Kier alpha value is -0.920. The third-order valence-corrected chi connectivity index (χ3v) is 0.903. The van der Waals surface area contributed by atoms with Crippen molar-refractivity contribution in [2.45, 2.75) is 6.42 Å². The second-order valence-electron chi connectivity index (χ2n) is 1.50. The fourth-order valence-electron chi connectivity index (χ4n) is 0.459. The van der Waals surface area contributed by atoms with Crippen LogP contribution in [0.3, 0.4) is 0 Å². The highest BCUT2D eigenvalue weighted by atomic mass is 14.8. The van der Waals surface area contributed by atoms with Gasteiger partial charge in [-0.2, -0.15) is 0 Å². The van der Waals surface area contributed by atoms with E-state index in [4.69, 9.17) is 0 Å². The molecule has 0 aliphatic rings. The van der Waals surface area contributed by atoms with Gasteiger partial charge in [0.1, 0.15) is 6.33 Å². The van der Waals surface area contributed by atoms with Crippen molar-refractivity contribution in [3.8, 4) is 0 Å². The second-order valence-corrected chi connectivity index (χ2v) is 1.50. The molecule has 41 valence electrons. The first-order valence-electron chi connectivity index (χ1n) is 2.46. The normalized spacial score (nSPS) is 9.12. The van der Waals surface area contributed by atoms with Gasteiger partial charge in [0.05, 0.1) is 0 Å². The molecule has 2 heteroatoms. The van der Waals surface area contributed by atoms with Gasteiger partial charge in [-0.15, -0.1) is 0 Å². The zero-order valence-corrected chi connectivity index (χ0v) is 4.54. The van der Waals surface area contributed by atoms with Gasteiger partial charge >= 0.3 is 1.43 Å². The van der Waals surface area contributed by atoms with Crippen molar-refractivity contribution in [1.82, 2.24) is 9.97 Å². The van der Waals surface area contributed by atoms with E-state index in [-0.39, 0.29) is 1.43 Å². The van der Waals surface area contributed by atoms with Gasteiger partial charge in [-0.3, -0.25) is 0 Å². The zero-order chi connectivity index (χ0) is 5.82. The smallest absolute Gasteiger partial charge is 0.245 e. The molecular formula is C6H8N2+. The van der Waals surface area contributed by atoms with Gasteiger partial charge in [-0.1, -0.05) is 0 Å². The van der Waals surface area contributed by atoms with E-state index in [1.54, 1.807) is 12.4 Å². The minimum atomic E-state index is 0. The van der Waals surface area contributed by atoms with Crippen LogP contribution in [-0.2, 0) is 6.42 Å². The van der Waals surface area contributed by atoms with Gasteiger partial charge in [0.15, 0.2) is 0 Å². The highest BCUT2D eigenvalue weighted by Crippen LogP contribution is 1.90. The summed E-state index contributed by atoms with van der Waals surface area (Å²) in [5.74, 6) is 0. The molecule has 0 aromatic carbocycles. The summed E-state index contributed by atoms with van der Waals surface area (Å²) in [5, 5.41) is 0. The largest absolute Gasteiger partial charge is 1.00 e. The molecule has 0 fully saturated rings. The van der Waals surface area contributed by atoms with Crippen LogP contribution in [0.2, 0.25) is 0 Å².